The Kier molecular flexibility index (Phi) is 7.83. The van der Waals surface area contributed by atoms with Crippen LogP contribution >= 0.6 is 0 Å². The predicted octanol–water partition coefficient (Wildman–Crippen LogP) is 0.0545. The molecule has 0 radical (unpaired) electrons. The van der Waals surface area contributed by atoms with Crippen LogP contribution in [0, 0.1) is 0 Å². The molecule has 1 aliphatic heterocycles. The Morgan fingerprint density at radius 3 is 2.54 bits per heavy atom. The summed E-state index contributed by atoms with van der Waals surface area (Å²) in [6.45, 7) is 11.5. The van der Waals surface area contributed by atoms with E-state index in [1.165, 1.54) is 21.2 Å². The maximum atomic E-state index is 12.1. The van der Waals surface area contributed by atoms with Crippen LogP contribution in [-0.4, -0.2) is 57.9 Å². The minimum absolute atomic E-state index is 0.164. The number of hydrogen-bond donors (Lipinski definition) is 3. The van der Waals surface area contributed by atoms with Crippen LogP contribution in [0.3, 0.4) is 0 Å². The number of rotatable bonds is 9. The fourth-order valence-corrected chi connectivity index (χ4v) is 3.94. The lowest BCUT2D eigenvalue weighted by Crippen LogP contribution is -3.28. The summed E-state index contributed by atoms with van der Waals surface area (Å²) in [7, 11) is 0. The number of carbonyl (C=O) groups is 1. The van der Waals surface area contributed by atoms with E-state index in [4.69, 9.17) is 4.74 Å². The van der Waals surface area contributed by atoms with Gasteiger partial charge in [0, 0.05) is 18.7 Å². The summed E-state index contributed by atoms with van der Waals surface area (Å²) >= 11 is 0. The van der Waals surface area contributed by atoms with Gasteiger partial charge in [0.2, 0.25) is 0 Å². The first-order valence-electron chi connectivity index (χ1n) is 10.6. The third-order valence-electron chi connectivity index (χ3n) is 5.49. The molecule has 0 bridgehead atoms. The lowest BCUT2D eigenvalue weighted by molar-refractivity contribution is -1.02. The molecule has 0 unspecified atom stereocenters. The maximum absolute atomic E-state index is 12.1. The average Bonchev–Trinajstić information content (AvgIpc) is 2.69. The fraction of sp³-hybridized carbons (Fsp3) is 0.522. The van der Waals surface area contributed by atoms with Crippen molar-refractivity contribution in [3.8, 4) is 0 Å². The third kappa shape index (κ3) is 6.30. The number of ether oxygens (including phenoxy) is 1. The van der Waals surface area contributed by atoms with Gasteiger partial charge >= 0.3 is 0 Å². The second-order valence-corrected chi connectivity index (χ2v) is 8.11. The Bertz CT molecular complexity index is 749. The number of amides is 1. The van der Waals surface area contributed by atoms with Crippen molar-refractivity contribution in [2.45, 2.75) is 32.9 Å². The molecule has 5 heteroatoms. The van der Waals surface area contributed by atoms with Gasteiger partial charge in [0.25, 0.3) is 5.91 Å². The number of hydrogen-bond acceptors (Lipinski definition) is 2. The number of quaternary nitrogens is 2. The monoisotopic (exact) mass is 385 g/mol. The van der Waals surface area contributed by atoms with E-state index >= 15 is 0 Å². The van der Waals surface area contributed by atoms with E-state index < -0.39 is 0 Å². The number of carbonyl (C=O) groups excluding carboxylic acids is 1. The smallest absolute Gasteiger partial charge is 0.275 e. The minimum Gasteiger partial charge on any atom is -0.379 e. The van der Waals surface area contributed by atoms with Crippen LogP contribution in [-0.2, 0) is 16.1 Å². The van der Waals surface area contributed by atoms with Crippen molar-refractivity contribution < 1.29 is 19.3 Å². The first-order valence-corrected chi connectivity index (χ1v) is 10.6. The van der Waals surface area contributed by atoms with Crippen molar-refractivity contribution >= 4 is 16.7 Å². The molecule has 5 nitrogen and oxygen atoms in total. The second kappa shape index (κ2) is 10.6. The van der Waals surface area contributed by atoms with E-state index in [0.717, 1.165) is 39.1 Å². The van der Waals surface area contributed by atoms with Gasteiger partial charge in [-0.1, -0.05) is 42.5 Å². The van der Waals surface area contributed by atoms with Crippen LogP contribution < -0.4 is 15.1 Å². The van der Waals surface area contributed by atoms with Gasteiger partial charge in [-0.15, -0.1) is 0 Å². The van der Waals surface area contributed by atoms with Crippen molar-refractivity contribution in [1.29, 1.82) is 0 Å². The number of benzene rings is 2. The summed E-state index contributed by atoms with van der Waals surface area (Å²) in [5.41, 5.74) is 1.43. The van der Waals surface area contributed by atoms with Gasteiger partial charge in [0.15, 0.2) is 6.54 Å². The Morgan fingerprint density at radius 1 is 1.04 bits per heavy atom. The topological polar surface area (TPSA) is 47.2 Å². The Morgan fingerprint density at radius 2 is 1.75 bits per heavy atom. The highest BCUT2D eigenvalue weighted by Crippen LogP contribution is 2.17. The standard InChI is InChI=1S/C23H33N3O2/c1-19(2)28-16-6-11-24-23(27)18-26-14-12-25(13-15-26)17-21-9-5-8-20-7-3-4-10-22(20)21/h3-5,7-10,19H,6,11-18H2,1-2H3,(H,24,27)/p+2. The molecule has 152 valence electrons. The average molecular weight is 386 g/mol. The normalized spacial score (nSPS) is 19.8. The molecule has 0 aliphatic carbocycles. The number of nitrogens with one attached hydrogen (secondary N) is 3. The first kappa shape index (κ1) is 20.8. The molecule has 2 aromatic rings. The maximum Gasteiger partial charge on any atom is 0.275 e. The summed E-state index contributed by atoms with van der Waals surface area (Å²) < 4.78 is 5.50. The summed E-state index contributed by atoms with van der Waals surface area (Å²) in [5.74, 6) is 0.164. The third-order valence-corrected chi connectivity index (χ3v) is 5.49. The zero-order chi connectivity index (χ0) is 19.8. The van der Waals surface area contributed by atoms with Crippen molar-refractivity contribution in [1.82, 2.24) is 5.32 Å². The lowest BCUT2D eigenvalue weighted by Gasteiger charge is -2.29. The van der Waals surface area contributed by atoms with Crippen LogP contribution in [0.4, 0.5) is 0 Å². The van der Waals surface area contributed by atoms with E-state index in [0.29, 0.717) is 19.7 Å². The number of piperazine rings is 1. The molecule has 0 spiro atoms. The van der Waals surface area contributed by atoms with E-state index in [1.54, 1.807) is 4.90 Å². The molecule has 28 heavy (non-hydrogen) atoms. The quantitative estimate of drug-likeness (QED) is 0.535. The van der Waals surface area contributed by atoms with E-state index in [9.17, 15) is 4.79 Å². The van der Waals surface area contributed by atoms with Gasteiger partial charge in [-0.05, 0) is 31.0 Å². The molecule has 3 N–H and O–H groups in total. The molecule has 2 aromatic carbocycles. The van der Waals surface area contributed by atoms with Crippen molar-refractivity contribution in [2.75, 3.05) is 45.9 Å². The van der Waals surface area contributed by atoms with E-state index in [2.05, 4.69) is 47.8 Å². The molecule has 0 atom stereocenters. The van der Waals surface area contributed by atoms with Gasteiger partial charge in [0.1, 0.15) is 32.7 Å². The Labute approximate surface area is 168 Å². The van der Waals surface area contributed by atoms with Crippen molar-refractivity contribution in [2.24, 2.45) is 0 Å². The zero-order valence-electron chi connectivity index (χ0n) is 17.3. The summed E-state index contributed by atoms with van der Waals surface area (Å²) in [6.07, 6.45) is 1.13. The molecule has 0 aromatic heterocycles. The van der Waals surface area contributed by atoms with Crippen LogP contribution in [0.5, 0.6) is 0 Å². The summed E-state index contributed by atoms with van der Waals surface area (Å²) in [5, 5.41) is 5.72. The Hall–Kier alpha value is -1.95. The molecule has 1 saturated heterocycles. The van der Waals surface area contributed by atoms with Crippen molar-refractivity contribution in [3.05, 3.63) is 48.0 Å². The Balaban J connectivity index is 1.38. The van der Waals surface area contributed by atoms with Gasteiger partial charge in [-0.25, -0.2) is 0 Å². The van der Waals surface area contributed by atoms with Crippen LogP contribution in [0.1, 0.15) is 25.8 Å². The van der Waals surface area contributed by atoms with Gasteiger partial charge < -0.3 is 19.9 Å². The first-order chi connectivity index (χ1) is 13.6. The van der Waals surface area contributed by atoms with Crippen LogP contribution in [0.2, 0.25) is 0 Å². The molecule has 3 rings (SSSR count). The molecule has 1 aliphatic rings. The van der Waals surface area contributed by atoms with Crippen molar-refractivity contribution in [3.63, 3.8) is 0 Å². The summed E-state index contributed by atoms with van der Waals surface area (Å²) in [4.78, 5) is 15.2. The largest absolute Gasteiger partial charge is 0.379 e. The van der Waals surface area contributed by atoms with E-state index in [1.807, 2.05) is 13.8 Å². The summed E-state index contributed by atoms with van der Waals surface area (Å²) in [6, 6.07) is 15.2. The van der Waals surface area contributed by atoms with Gasteiger partial charge in [-0.3, -0.25) is 4.79 Å². The molecular formula is C23H35N3O2+2. The van der Waals surface area contributed by atoms with Crippen LogP contribution in [0.25, 0.3) is 10.8 Å². The zero-order valence-corrected chi connectivity index (χ0v) is 17.3. The van der Waals surface area contributed by atoms with E-state index in [-0.39, 0.29) is 12.0 Å². The molecule has 0 saturated carbocycles. The number of fused-ring (bicyclic) bond motifs is 1. The molecule has 1 heterocycles. The molecule has 1 fully saturated rings. The molecular weight excluding hydrogens is 350 g/mol. The van der Waals surface area contributed by atoms with Gasteiger partial charge in [-0.2, -0.15) is 0 Å². The SMILES string of the molecule is CC(C)OCCCNC(=O)C[NH+]1CC[NH+](Cc2cccc3ccccc23)CC1. The lowest BCUT2D eigenvalue weighted by atomic mass is 10.0. The molecule has 1 amide bonds. The highest BCUT2D eigenvalue weighted by molar-refractivity contribution is 5.85. The minimum atomic E-state index is 0.164. The highest BCUT2D eigenvalue weighted by Gasteiger charge is 2.25. The van der Waals surface area contributed by atoms with Crippen LogP contribution in [0.15, 0.2) is 42.5 Å². The fourth-order valence-electron chi connectivity index (χ4n) is 3.94. The second-order valence-electron chi connectivity index (χ2n) is 8.11. The predicted molar refractivity (Wildman–Crippen MR) is 113 cm³/mol. The van der Waals surface area contributed by atoms with Gasteiger partial charge in [0.05, 0.1) is 6.10 Å². The highest BCUT2D eigenvalue weighted by atomic mass is 16.5.